The second kappa shape index (κ2) is 3.98. The van der Waals surface area contributed by atoms with Gasteiger partial charge in [0.1, 0.15) is 4.60 Å². The van der Waals surface area contributed by atoms with Crippen molar-refractivity contribution < 1.29 is 4.79 Å². The number of carbonyl (C=O) groups is 1. The molecule has 1 aromatic heterocycles. The first-order chi connectivity index (χ1) is 7.22. The quantitative estimate of drug-likeness (QED) is 0.782. The Morgan fingerprint density at radius 2 is 2.00 bits per heavy atom. The Labute approximate surface area is 95.9 Å². The number of hydrogen-bond donors (Lipinski definition) is 0. The van der Waals surface area contributed by atoms with Crippen LogP contribution in [0.3, 0.4) is 0 Å². The fraction of sp³-hybridized carbons (Fsp3) is 0.0909. The molecule has 0 spiro atoms. The Morgan fingerprint density at radius 1 is 1.33 bits per heavy atom. The van der Waals surface area contributed by atoms with Crippen molar-refractivity contribution in [2.75, 3.05) is 0 Å². The van der Waals surface area contributed by atoms with E-state index in [1.807, 2.05) is 31.2 Å². The van der Waals surface area contributed by atoms with Gasteiger partial charge < -0.3 is 0 Å². The molecule has 0 aliphatic rings. The van der Waals surface area contributed by atoms with Gasteiger partial charge in [0.2, 0.25) is 0 Å². The molecule has 76 valence electrons. The second-order valence-corrected chi connectivity index (χ2v) is 4.04. The molecule has 0 aliphatic carbocycles. The molecule has 1 aromatic carbocycles. The first kappa shape index (κ1) is 10.1. The molecule has 0 saturated heterocycles. The molecule has 0 aliphatic heterocycles. The summed E-state index contributed by atoms with van der Waals surface area (Å²) in [6.07, 6.45) is 2.36. The highest BCUT2D eigenvalue weighted by atomic mass is 79.9. The average molecular weight is 265 g/mol. The number of aryl methyl sites for hydroxylation is 1. The van der Waals surface area contributed by atoms with Gasteiger partial charge in [-0.25, -0.2) is 4.98 Å². The molecule has 2 rings (SSSR count). The maximum absolute atomic E-state index is 10.8. The monoisotopic (exact) mass is 264 g/mol. The van der Waals surface area contributed by atoms with Gasteiger partial charge in [0.15, 0.2) is 12.1 Å². The summed E-state index contributed by atoms with van der Waals surface area (Å²) < 4.78 is 2.53. The van der Waals surface area contributed by atoms with Crippen molar-refractivity contribution in [1.29, 1.82) is 0 Å². The molecule has 3 nitrogen and oxygen atoms in total. The second-order valence-electron chi connectivity index (χ2n) is 3.23. The highest BCUT2D eigenvalue weighted by Crippen LogP contribution is 2.19. The summed E-state index contributed by atoms with van der Waals surface area (Å²) in [5.74, 6) is 0.394. The molecule has 2 aromatic rings. The molecular weight excluding hydrogens is 256 g/mol. The molecule has 0 radical (unpaired) electrons. The molecule has 0 unspecified atom stereocenters. The lowest BCUT2D eigenvalue weighted by Crippen LogP contribution is -2.00. The van der Waals surface area contributed by atoms with E-state index in [1.54, 1.807) is 10.8 Å². The number of carbonyl (C=O) groups excluding carboxylic acids is 1. The Kier molecular flexibility index (Phi) is 2.68. The van der Waals surface area contributed by atoms with E-state index in [-0.39, 0.29) is 0 Å². The van der Waals surface area contributed by atoms with Crippen LogP contribution in [0.25, 0.3) is 5.69 Å². The van der Waals surface area contributed by atoms with Gasteiger partial charge in [-0.1, -0.05) is 17.7 Å². The predicted octanol–water partition coefficient (Wildman–Crippen LogP) is 2.76. The molecule has 4 heteroatoms. The van der Waals surface area contributed by atoms with E-state index in [0.717, 1.165) is 16.6 Å². The number of nitrogens with zero attached hydrogens (tertiary/aromatic N) is 2. The van der Waals surface area contributed by atoms with Crippen molar-refractivity contribution in [2.45, 2.75) is 6.92 Å². The number of imidazole rings is 1. The van der Waals surface area contributed by atoms with Crippen molar-refractivity contribution >= 4 is 22.2 Å². The SMILES string of the molecule is Cc1ccc(-n2c(Br)cnc2C=O)cc1. The van der Waals surface area contributed by atoms with Crippen LogP contribution in [0, 0.1) is 6.92 Å². The molecule has 0 saturated carbocycles. The summed E-state index contributed by atoms with van der Waals surface area (Å²) in [6.45, 7) is 2.02. The molecule has 15 heavy (non-hydrogen) atoms. The summed E-state index contributed by atoms with van der Waals surface area (Å²) in [5, 5.41) is 0. The summed E-state index contributed by atoms with van der Waals surface area (Å²) in [6, 6.07) is 7.90. The zero-order valence-electron chi connectivity index (χ0n) is 8.14. The zero-order chi connectivity index (χ0) is 10.8. The minimum absolute atomic E-state index is 0.394. The minimum atomic E-state index is 0.394. The lowest BCUT2D eigenvalue weighted by Gasteiger charge is -2.06. The molecule has 1 heterocycles. The Balaban J connectivity index is 2.57. The summed E-state index contributed by atoms with van der Waals surface area (Å²) in [5.41, 5.74) is 2.11. The van der Waals surface area contributed by atoms with Gasteiger partial charge in [-0.3, -0.25) is 9.36 Å². The zero-order valence-corrected chi connectivity index (χ0v) is 9.73. The van der Waals surface area contributed by atoms with Gasteiger partial charge in [0.25, 0.3) is 0 Å². The molecule has 0 bridgehead atoms. The van der Waals surface area contributed by atoms with Crippen LogP contribution in [0.2, 0.25) is 0 Å². The van der Waals surface area contributed by atoms with Crippen LogP contribution in [-0.2, 0) is 0 Å². The van der Waals surface area contributed by atoms with Crippen molar-refractivity contribution in [3.05, 3.63) is 46.5 Å². The van der Waals surface area contributed by atoms with Gasteiger partial charge in [0.05, 0.1) is 6.20 Å². The van der Waals surface area contributed by atoms with Crippen molar-refractivity contribution in [3.63, 3.8) is 0 Å². The van der Waals surface area contributed by atoms with Gasteiger partial charge in [-0.05, 0) is 35.0 Å². The van der Waals surface area contributed by atoms with E-state index in [4.69, 9.17) is 0 Å². The number of benzene rings is 1. The summed E-state index contributed by atoms with van der Waals surface area (Å²) >= 11 is 3.35. The van der Waals surface area contributed by atoms with Crippen molar-refractivity contribution in [1.82, 2.24) is 9.55 Å². The van der Waals surface area contributed by atoms with Crippen molar-refractivity contribution in [3.8, 4) is 5.69 Å². The fourth-order valence-corrected chi connectivity index (χ4v) is 1.87. The number of aromatic nitrogens is 2. The Morgan fingerprint density at radius 3 is 2.60 bits per heavy atom. The first-order valence-electron chi connectivity index (χ1n) is 4.48. The molecule has 0 atom stereocenters. The van der Waals surface area contributed by atoms with Crippen LogP contribution < -0.4 is 0 Å². The fourth-order valence-electron chi connectivity index (χ4n) is 1.38. The van der Waals surface area contributed by atoms with Crippen molar-refractivity contribution in [2.24, 2.45) is 0 Å². The maximum atomic E-state index is 10.8. The molecular formula is C11H9BrN2O. The van der Waals surface area contributed by atoms with E-state index >= 15 is 0 Å². The van der Waals surface area contributed by atoms with Gasteiger partial charge in [-0.2, -0.15) is 0 Å². The lowest BCUT2D eigenvalue weighted by atomic mass is 10.2. The number of halogens is 1. The Bertz CT molecular complexity index is 488. The third-order valence-electron chi connectivity index (χ3n) is 2.14. The van der Waals surface area contributed by atoms with E-state index in [0.29, 0.717) is 5.82 Å². The van der Waals surface area contributed by atoms with Crippen LogP contribution >= 0.6 is 15.9 Å². The average Bonchev–Trinajstić information content (AvgIpc) is 2.61. The highest BCUT2D eigenvalue weighted by molar-refractivity contribution is 9.10. The highest BCUT2D eigenvalue weighted by Gasteiger charge is 2.08. The number of rotatable bonds is 2. The normalized spacial score (nSPS) is 10.3. The lowest BCUT2D eigenvalue weighted by molar-refractivity contribution is 0.111. The van der Waals surface area contributed by atoms with Crippen LogP contribution in [-0.4, -0.2) is 15.8 Å². The van der Waals surface area contributed by atoms with Crippen LogP contribution in [0.5, 0.6) is 0 Å². The Hall–Kier alpha value is -1.42. The van der Waals surface area contributed by atoms with Gasteiger partial charge in [0, 0.05) is 5.69 Å². The minimum Gasteiger partial charge on any atom is -0.294 e. The first-order valence-corrected chi connectivity index (χ1v) is 5.27. The van der Waals surface area contributed by atoms with Crippen LogP contribution in [0.1, 0.15) is 16.2 Å². The third-order valence-corrected chi connectivity index (χ3v) is 2.70. The number of aldehydes is 1. The maximum Gasteiger partial charge on any atom is 0.185 e. The standard InChI is InChI=1S/C11H9BrN2O/c1-8-2-4-9(5-3-8)14-10(12)6-13-11(14)7-15/h2-7H,1H3. The molecule has 0 fully saturated rings. The van der Waals surface area contributed by atoms with Gasteiger partial charge >= 0.3 is 0 Å². The van der Waals surface area contributed by atoms with E-state index in [2.05, 4.69) is 20.9 Å². The van der Waals surface area contributed by atoms with E-state index in [9.17, 15) is 4.79 Å². The van der Waals surface area contributed by atoms with E-state index < -0.39 is 0 Å². The van der Waals surface area contributed by atoms with Crippen LogP contribution in [0.15, 0.2) is 35.1 Å². The van der Waals surface area contributed by atoms with Gasteiger partial charge in [-0.15, -0.1) is 0 Å². The third kappa shape index (κ3) is 1.85. The van der Waals surface area contributed by atoms with Crippen LogP contribution in [0.4, 0.5) is 0 Å². The smallest absolute Gasteiger partial charge is 0.185 e. The largest absolute Gasteiger partial charge is 0.294 e. The number of hydrogen-bond acceptors (Lipinski definition) is 2. The van der Waals surface area contributed by atoms with E-state index in [1.165, 1.54) is 5.56 Å². The topological polar surface area (TPSA) is 34.9 Å². The summed E-state index contributed by atoms with van der Waals surface area (Å²) in [4.78, 5) is 14.8. The molecule has 0 amide bonds. The summed E-state index contributed by atoms with van der Waals surface area (Å²) in [7, 11) is 0. The molecule has 0 N–H and O–H groups in total. The predicted molar refractivity (Wildman–Crippen MR) is 61.4 cm³/mol.